The molecule has 0 heterocycles. The van der Waals surface area contributed by atoms with Crippen LogP contribution in [-0.2, 0) is 0 Å². The second kappa shape index (κ2) is 4.93. The Morgan fingerprint density at radius 1 is 1.14 bits per heavy atom. The molecular weight excluding hydrogens is 264 g/mol. The van der Waals surface area contributed by atoms with Crippen LogP contribution in [0.25, 0.3) is 10.8 Å². The summed E-state index contributed by atoms with van der Waals surface area (Å²) < 4.78 is 0. The number of benzene rings is 2. The van der Waals surface area contributed by atoms with Gasteiger partial charge in [0.05, 0.1) is 6.04 Å². The molecule has 1 aliphatic rings. The molecule has 4 nitrogen and oxygen atoms in total. The number of hydrogen-bond acceptors (Lipinski definition) is 4. The SMILES string of the molecule is NC1C=CC=C(C(=O)c2cccc3ccccc23)C1(N)O. The van der Waals surface area contributed by atoms with Gasteiger partial charge in [0, 0.05) is 11.1 Å². The molecule has 0 radical (unpaired) electrons. The van der Waals surface area contributed by atoms with E-state index in [2.05, 4.69) is 0 Å². The van der Waals surface area contributed by atoms with Crippen LogP contribution in [0.2, 0.25) is 0 Å². The van der Waals surface area contributed by atoms with Gasteiger partial charge in [-0.25, -0.2) is 0 Å². The van der Waals surface area contributed by atoms with Crippen LogP contribution in [0.15, 0.2) is 66.3 Å². The van der Waals surface area contributed by atoms with E-state index in [1.807, 2.05) is 36.4 Å². The van der Waals surface area contributed by atoms with Crippen LogP contribution in [0, 0.1) is 0 Å². The predicted octanol–water partition coefficient (Wildman–Crippen LogP) is 1.49. The molecule has 21 heavy (non-hydrogen) atoms. The zero-order chi connectivity index (χ0) is 15.0. The smallest absolute Gasteiger partial charge is 0.193 e. The highest BCUT2D eigenvalue weighted by Gasteiger charge is 2.38. The van der Waals surface area contributed by atoms with Crippen molar-refractivity contribution < 1.29 is 9.90 Å². The van der Waals surface area contributed by atoms with Crippen LogP contribution in [0.4, 0.5) is 0 Å². The van der Waals surface area contributed by atoms with Gasteiger partial charge in [0.15, 0.2) is 11.5 Å². The van der Waals surface area contributed by atoms with Crippen LogP contribution in [0.3, 0.4) is 0 Å². The lowest BCUT2D eigenvalue weighted by Crippen LogP contribution is -2.58. The minimum Gasteiger partial charge on any atom is -0.370 e. The minimum absolute atomic E-state index is 0.105. The molecule has 5 N–H and O–H groups in total. The number of allylic oxidation sites excluding steroid dienone is 2. The molecule has 2 unspecified atom stereocenters. The van der Waals surface area contributed by atoms with E-state index in [1.165, 1.54) is 6.08 Å². The first-order valence-corrected chi connectivity index (χ1v) is 6.70. The number of Topliss-reactive ketones (excluding diaryl/α,β-unsaturated/α-hetero) is 1. The molecular formula is C17H16N2O2. The van der Waals surface area contributed by atoms with Crippen molar-refractivity contribution in [2.75, 3.05) is 0 Å². The van der Waals surface area contributed by atoms with E-state index in [1.54, 1.807) is 18.2 Å². The number of fused-ring (bicyclic) bond motifs is 1. The van der Waals surface area contributed by atoms with Gasteiger partial charge in [0.25, 0.3) is 0 Å². The van der Waals surface area contributed by atoms with Crippen molar-refractivity contribution in [2.24, 2.45) is 11.5 Å². The van der Waals surface area contributed by atoms with Gasteiger partial charge in [-0.2, -0.15) is 0 Å². The summed E-state index contributed by atoms with van der Waals surface area (Å²) in [6.07, 6.45) is 4.73. The van der Waals surface area contributed by atoms with Crippen molar-refractivity contribution in [3.8, 4) is 0 Å². The Morgan fingerprint density at radius 3 is 2.67 bits per heavy atom. The summed E-state index contributed by atoms with van der Waals surface area (Å²) in [7, 11) is 0. The van der Waals surface area contributed by atoms with Gasteiger partial charge >= 0.3 is 0 Å². The zero-order valence-electron chi connectivity index (χ0n) is 11.4. The lowest BCUT2D eigenvalue weighted by atomic mass is 9.85. The molecule has 0 saturated carbocycles. The Labute approximate surface area is 122 Å². The number of carbonyl (C=O) groups excluding carboxylic acids is 1. The molecule has 0 amide bonds. The van der Waals surface area contributed by atoms with Crippen LogP contribution in [-0.4, -0.2) is 22.7 Å². The molecule has 0 bridgehead atoms. The molecule has 0 saturated heterocycles. The van der Waals surface area contributed by atoms with E-state index < -0.39 is 11.8 Å². The normalized spacial score (nSPS) is 24.9. The Kier molecular flexibility index (Phi) is 3.22. The molecule has 106 valence electrons. The van der Waals surface area contributed by atoms with E-state index in [4.69, 9.17) is 11.5 Å². The largest absolute Gasteiger partial charge is 0.370 e. The summed E-state index contributed by atoms with van der Waals surface area (Å²) in [6, 6.07) is 12.2. The lowest BCUT2D eigenvalue weighted by molar-refractivity contribution is 0.0615. The third-order valence-electron chi connectivity index (χ3n) is 3.80. The monoisotopic (exact) mass is 280 g/mol. The van der Waals surface area contributed by atoms with Gasteiger partial charge in [0.1, 0.15) is 0 Å². The Morgan fingerprint density at radius 2 is 1.86 bits per heavy atom. The number of hydrogen-bond donors (Lipinski definition) is 3. The zero-order valence-corrected chi connectivity index (χ0v) is 11.4. The number of carbonyl (C=O) groups is 1. The van der Waals surface area contributed by atoms with Crippen molar-refractivity contribution in [3.05, 3.63) is 71.8 Å². The lowest BCUT2D eigenvalue weighted by Gasteiger charge is -2.32. The first-order chi connectivity index (χ1) is 10.0. The highest BCUT2D eigenvalue weighted by Crippen LogP contribution is 2.27. The summed E-state index contributed by atoms with van der Waals surface area (Å²) in [5, 5.41) is 12.1. The van der Waals surface area contributed by atoms with E-state index in [0.29, 0.717) is 5.56 Å². The van der Waals surface area contributed by atoms with E-state index in [-0.39, 0.29) is 11.4 Å². The fourth-order valence-electron chi connectivity index (χ4n) is 2.56. The molecule has 1 aliphatic carbocycles. The molecule has 0 fully saturated rings. The Balaban J connectivity index is 2.14. The van der Waals surface area contributed by atoms with Crippen molar-refractivity contribution in [1.82, 2.24) is 0 Å². The molecule has 2 aromatic rings. The highest BCUT2D eigenvalue weighted by atomic mass is 16.3. The average molecular weight is 280 g/mol. The second-order valence-electron chi connectivity index (χ2n) is 5.17. The molecule has 0 aromatic heterocycles. The van der Waals surface area contributed by atoms with Crippen LogP contribution < -0.4 is 11.5 Å². The first kappa shape index (κ1) is 13.7. The number of aliphatic hydroxyl groups is 1. The van der Waals surface area contributed by atoms with Gasteiger partial charge in [-0.15, -0.1) is 0 Å². The van der Waals surface area contributed by atoms with Gasteiger partial charge in [0.2, 0.25) is 0 Å². The highest BCUT2D eigenvalue weighted by molar-refractivity contribution is 6.17. The molecule has 0 spiro atoms. The third-order valence-corrected chi connectivity index (χ3v) is 3.80. The number of rotatable bonds is 2. The topological polar surface area (TPSA) is 89.3 Å². The Bertz CT molecular complexity index is 770. The van der Waals surface area contributed by atoms with Crippen LogP contribution in [0.5, 0.6) is 0 Å². The van der Waals surface area contributed by atoms with Crippen molar-refractivity contribution in [2.45, 2.75) is 11.8 Å². The van der Waals surface area contributed by atoms with Gasteiger partial charge in [-0.1, -0.05) is 60.7 Å². The maximum Gasteiger partial charge on any atom is 0.193 e. The molecule has 3 rings (SSSR count). The fraction of sp³-hybridized carbons (Fsp3) is 0.118. The Hall–Kier alpha value is -2.27. The summed E-state index contributed by atoms with van der Waals surface area (Å²) in [4.78, 5) is 12.8. The molecule has 0 aliphatic heterocycles. The molecule has 2 aromatic carbocycles. The van der Waals surface area contributed by atoms with Gasteiger partial charge in [-0.3, -0.25) is 10.5 Å². The molecule has 2 atom stereocenters. The van der Waals surface area contributed by atoms with Crippen LogP contribution in [0.1, 0.15) is 10.4 Å². The van der Waals surface area contributed by atoms with Crippen molar-refractivity contribution in [1.29, 1.82) is 0 Å². The number of nitrogens with two attached hydrogens (primary N) is 2. The van der Waals surface area contributed by atoms with Crippen molar-refractivity contribution in [3.63, 3.8) is 0 Å². The fourth-order valence-corrected chi connectivity index (χ4v) is 2.56. The van der Waals surface area contributed by atoms with Crippen LogP contribution >= 0.6 is 0 Å². The average Bonchev–Trinajstić information content (AvgIpc) is 2.49. The maximum absolute atomic E-state index is 12.8. The first-order valence-electron chi connectivity index (χ1n) is 6.70. The quantitative estimate of drug-likeness (QED) is 0.574. The minimum atomic E-state index is -1.86. The van der Waals surface area contributed by atoms with E-state index in [0.717, 1.165) is 10.8 Å². The van der Waals surface area contributed by atoms with Gasteiger partial charge in [-0.05, 0) is 10.8 Å². The summed E-state index contributed by atoms with van der Waals surface area (Å²) in [6.45, 7) is 0. The van der Waals surface area contributed by atoms with Gasteiger partial charge < -0.3 is 10.8 Å². The third kappa shape index (κ3) is 2.19. The van der Waals surface area contributed by atoms with Crippen molar-refractivity contribution >= 4 is 16.6 Å². The van der Waals surface area contributed by atoms with E-state index >= 15 is 0 Å². The summed E-state index contributed by atoms with van der Waals surface area (Å²) >= 11 is 0. The standard InChI is InChI=1S/C17H16N2O2/c18-15-10-4-9-14(17(15,19)21)16(20)13-8-3-6-11-5-1-2-7-12(11)13/h1-10,15,21H,18-19H2. The molecule has 4 heteroatoms. The predicted molar refractivity (Wildman–Crippen MR) is 82.6 cm³/mol. The second-order valence-corrected chi connectivity index (χ2v) is 5.17. The number of ketones is 1. The van der Waals surface area contributed by atoms with E-state index in [9.17, 15) is 9.90 Å². The summed E-state index contributed by atoms with van der Waals surface area (Å²) in [5.41, 5.74) is 10.4. The maximum atomic E-state index is 12.8. The summed E-state index contributed by atoms with van der Waals surface area (Å²) in [5.74, 6) is -0.309.